The third kappa shape index (κ3) is 5.14. The largest absolute Gasteiger partial charge is 0.460 e. The molecule has 0 radical (unpaired) electrons. The van der Waals surface area contributed by atoms with Crippen LogP contribution in [-0.4, -0.2) is 35.1 Å². The topological polar surface area (TPSA) is 50.1 Å². The van der Waals surface area contributed by atoms with Crippen molar-refractivity contribution in [1.82, 2.24) is 0 Å². The van der Waals surface area contributed by atoms with E-state index in [0.717, 1.165) is 23.0 Å². The fourth-order valence-corrected chi connectivity index (χ4v) is 3.31. The van der Waals surface area contributed by atoms with Crippen LogP contribution in [0.3, 0.4) is 0 Å². The Morgan fingerprint density at radius 2 is 2.13 bits per heavy atom. The van der Waals surface area contributed by atoms with Crippen molar-refractivity contribution in [3.05, 3.63) is 12.2 Å². The summed E-state index contributed by atoms with van der Waals surface area (Å²) >= 11 is 3.46. The number of thioether (sulfide) groups is 2. The summed E-state index contributed by atoms with van der Waals surface area (Å²) in [5.41, 5.74) is 1.23. The Bertz CT molecular complexity index is 274. The molecular weight excluding hydrogens is 230 g/mol. The minimum Gasteiger partial charge on any atom is -0.460 e. The number of hydrogen-bond donors (Lipinski definition) is 0. The van der Waals surface area contributed by atoms with Crippen molar-refractivity contribution in [2.75, 3.05) is 23.0 Å². The molecule has 0 saturated carbocycles. The van der Waals surface area contributed by atoms with Gasteiger partial charge < -0.3 is 4.74 Å². The van der Waals surface area contributed by atoms with Gasteiger partial charge in [-0.05, 0) is 0 Å². The first-order valence-electron chi connectivity index (χ1n) is 4.61. The van der Waals surface area contributed by atoms with Gasteiger partial charge in [0.25, 0.3) is 0 Å². The first-order chi connectivity index (χ1) is 7.22. The highest BCUT2D eigenvalue weighted by Crippen LogP contribution is 2.21. The van der Waals surface area contributed by atoms with E-state index in [9.17, 15) is 4.79 Å². The fraction of sp³-hybridized carbons (Fsp3) is 0.600. The average molecular weight is 243 g/mol. The maximum absolute atomic E-state index is 11.1. The Labute approximate surface area is 98.2 Å². The SMILES string of the molecule is C=C1CSCC(OC(=O)CC#N)CSC1. The van der Waals surface area contributed by atoms with Crippen molar-refractivity contribution < 1.29 is 9.53 Å². The molecule has 0 atom stereocenters. The molecule has 1 heterocycles. The smallest absolute Gasteiger partial charge is 0.320 e. The van der Waals surface area contributed by atoms with Crippen molar-refractivity contribution >= 4 is 29.5 Å². The van der Waals surface area contributed by atoms with Crippen molar-refractivity contribution in [2.24, 2.45) is 0 Å². The molecule has 1 rings (SSSR count). The zero-order chi connectivity index (χ0) is 11.1. The summed E-state index contributed by atoms with van der Waals surface area (Å²) in [5.74, 6) is 3.04. The predicted molar refractivity (Wildman–Crippen MR) is 63.9 cm³/mol. The Balaban J connectivity index is 2.32. The highest BCUT2D eigenvalue weighted by molar-refractivity contribution is 8.01. The molecule has 0 aromatic heterocycles. The molecule has 15 heavy (non-hydrogen) atoms. The average Bonchev–Trinajstić information content (AvgIpc) is 2.14. The number of rotatable bonds is 2. The standard InChI is InChI=1S/C10H13NO2S2/c1-8-4-14-6-9(7-15-5-8)13-10(12)2-3-11/h9H,1-2,4-7H2. The molecule has 1 aliphatic heterocycles. The van der Waals surface area contributed by atoms with E-state index in [2.05, 4.69) is 6.58 Å². The van der Waals surface area contributed by atoms with Crippen molar-refractivity contribution in [1.29, 1.82) is 5.26 Å². The Morgan fingerprint density at radius 3 is 2.67 bits per heavy atom. The zero-order valence-electron chi connectivity index (χ0n) is 8.40. The third-order valence-corrected chi connectivity index (χ3v) is 4.18. The van der Waals surface area contributed by atoms with E-state index >= 15 is 0 Å². The third-order valence-electron chi connectivity index (χ3n) is 1.74. The normalized spacial score (nSPS) is 18.7. The summed E-state index contributed by atoms with van der Waals surface area (Å²) < 4.78 is 5.17. The van der Waals surface area contributed by atoms with Gasteiger partial charge in [0.05, 0.1) is 6.07 Å². The quantitative estimate of drug-likeness (QED) is 0.547. The van der Waals surface area contributed by atoms with Crippen LogP contribution in [0.15, 0.2) is 12.2 Å². The van der Waals surface area contributed by atoms with Gasteiger partial charge in [-0.25, -0.2) is 0 Å². The predicted octanol–water partition coefficient (Wildman–Crippen LogP) is 1.85. The van der Waals surface area contributed by atoms with E-state index in [4.69, 9.17) is 10.00 Å². The van der Waals surface area contributed by atoms with E-state index in [0.29, 0.717) is 0 Å². The van der Waals surface area contributed by atoms with Crippen molar-refractivity contribution in [2.45, 2.75) is 12.5 Å². The molecule has 0 unspecified atom stereocenters. The van der Waals surface area contributed by atoms with Crippen LogP contribution >= 0.6 is 23.5 Å². The van der Waals surface area contributed by atoms with E-state index in [-0.39, 0.29) is 12.5 Å². The zero-order valence-corrected chi connectivity index (χ0v) is 10.0. The second-order valence-electron chi connectivity index (χ2n) is 3.23. The van der Waals surface area contributed by atoms with Gasteiger partial charge in [0.2, 0.25) is 0 Å². The fourth-order valence-electron chi connectivity index (χ4n) is 1.12. The number of nitriles is 1. The molecule has 0 amide bonds. The van der Waals surface area contributed by atoms with Gasteiger partial charge >= 0.3 is 5.97 Å². The second kappa shape index (κ2) is 6.81. The van der Waals surface area contributed by atoms with E-state index < -0.39 is 5.97 Å². The molecule has 0 bridgehead atoms. The molecule has 1 saturated heterocycles. The maximum atomic E-state index is 11.1. The summed E-state index contributed by atoms with van der Waals surface area (Å²) in [6, 6.07) is 1.79. The molecule has 5 heteroatoms. The van der Waals surface area contributed by atoms with Gasteiger partial charge in [-0.15, -0.1) is 0 Å². The number of carbonyl (C=O) groups is 1. The van der Waals surface area contributed by atoms with E-state index in [1.807, 2.05) is 0 Å². The van der Waals surface area contributed by atoms with Crippen molar-refractivity contribution in [3.8, 4) is 6.07 Å². The molecule has 0 aromatic rings. The molecule has 3 nitrogen and oxygen atoms in total. The second-order valence-corrected chi connectivity index (χ2v) is 5.29. The van der Waals surface area contributed by atoms with Crippen LogP contribution in [0.1, 0.15) is 6.42 Å². The summed E-state index contributed by atoms with van der Waals surface area (Å²) in [5, 5.41) is 8.33. The number of esters is 1. The lowest BCUT2D eigenvalue weighted by molar-refractivity contribution is -0.145. The number of carbonyl (C=O) groups excluding carboxylic acids is 1. The van der Waals surface area contributed by atoms with Crippen LogP contribution in [0.25, 0.3) is 0 Å². The minimum atomic E-state index is -0.414. The monoisotopic (exact) mass is 243 g/mol. The van der Waals surface area contributed by atoms with E-state index in [1.165, 1.54) is 5.57 Å². The minimum absolute atomic E-state index is 0.0612. The molecular formula is C10H13NO2S2. The molecule has 0 N–H and O–H groups in total. The van der Waals surface area contributed by atoms with Gasteiger partial charge in [-0.2, -0.15) is 28.8 Å². The molecule has 0 spiro atoms. The molecule has 82 valence electrons. The molecule has 1 fully saturated rings. The highest BCUT2D eigenvalue weighted by atomic mass is 32.2. The lowest BCUT2D eigenvalue weighted by atomic mass is 10.4. The molecule has 0 aliphatic carbocycles. The van der Waals surface area contributed by atoms with Crippen LogP contribution in [0, 0.1) is 11.3 Å². The lowest BCUT2D eigenvalue weighted by Gasteiger charge is -2.19. The van der Waals surface area contributed by atoms with Crippen LogP contribution in [0.5, 0.6) is 0 Å². The van der Waals surface area contributed by atoms with E-state index in [1.54, 1.807) is 29.6 Å². The summed E-state index contributed by atoms with van der Waals surface area (Å²) in [4.78, 5) is 11.1. The Kier molecular flexibility index (Phi) is 5.66. The summed E-state index contributed by atoms with van der Waals surface area (Å²) in [7, 11) is 0. The Hall–Kier alpha value is -0.600. The highest BCUT2D eigenvalue weighted by Gasteiger charge is 2.16. The van der Waals surface area contributed by atoms with Crippen LogP contribution < -0.4 is 0 Å². The number of ether oxygens (including phenoxy) is 1. The summed E-state index contributed by atoms with van der Waals surface area (Å²) in [6.07, 6.45) is -0.215. The van der Waals surface area contributed by atoms with Gasteiger partial charge in [0.1, 0.15) is 12.5 Å². The van der Waals surface area contributed by atoms with Gasteiger partial charge in [-0.3, -0.25) is 4.79 Å². The Morgan fingerprint density at radius 1 is 1.53 bits per heavy atom. The van der Waals surface area contributed by atoms with Crippen molar-refractivity contribution in [3.63, 3.8) is 0 Å². The van der Waals surface area contributed by atoms with Crippen LogP contribution in [-0.2, 0) is 9.53 Å². The lowest BCUT2D eigenvalue weighted by Crippen LogP contribution is -2.24. The molecule has 1 aliphatic rings. The summed E-state index contributed by atoms with van der Waals surface area (Å²) in [6.45, 7) is 3.94. The number of nitrogens with zero attached hydrogens (tertiary/aromatic N) is 1. The van der Waals surface area contributed by atoms with Gasteiger partial charge in [0.15, 0.2) is 0 Å². The first-order valence-corrected chi connectivity index (χ1v) is 6.92. The van der Waals surface area contributed by atoms with Crippen LogP contribution in [0.2, 0.25) is 0 Å². The maximum Gasteiger partial charge on any atom is 0.320 e. The van der Waals surface area contributed by atoms with Crippen LogP contribution in [0.4, 0.5) is 0 Å². The molecule has 0 aromatic carbocycles. The van der Waals surface area contributed by atoms with Gasteiger partial charge in [0, 0.05) is 23.0 Å². The van der Waals surface area contributed by atoms with Gasteiger partial charge in [-0.1, -0.05) is 12.2 Å². The number of hydrogen-bond acceptors (Lipinski definition) is 5. The first kappa shape index (κ1) is 12.5.